The van der Waals surface area contributed by atoms with Gasteiger partial charge in [0.1, 0.15) is 5.82 Å². The Hall–Kier alpha value is -1.33. The molecule has 2 aliphatic rings. The zero-order valence-corrected chi connectivity index (χ0v) is 13.6. The largest absolute Gasteiger partial charge is 0.375 e. The number of hydrogen-bond acceptors (Lipinski definition) is 4. The van der Waals surface area contributed by atoms with E-state index in [-0.39, 0.29) is 12.0 Å². The maximum absolute atomic E-state index is 12.6. The minimum absolute atomic E-state index is 0.133. The first-order valence-corrected chi connectivity index (χ1v) is 8.28. The number of morpholine rings is 1. The lowest BCUT2D eigenvalue weighted by molar-refractivity contribution is -0.143. The van der Waals surface area contributed by atoms with E-state index >= 15 is 0 Å². The Morgan fingerprint density at radius 1 is 1.32 bits per heavy atom. The van der Waals surface area contributed by atoms with Gasteiger partial charge in [-0.05, 0) is 31.9 Å². The lowest BCUT2D eigenvalue weighted by atomic mass is 9.95. The van der Waals surface area contributed by atoms with Crippen molar-refractivity contribution < 1.29 is 9.53 Å². The minimum atomic E-state index is 0.133. The molecule has 5 nitrogen and oxygen atoms in total. The number of carbonyl (C=O) groups excluding carboxylic acids is 1. The van der Waals surface area contributed by atoms with Crippen molar-refractivity contribution in [3.8, 4) is 0 Å². The van der Waals surface area contributed by atoms with Gasteiger partial charge in [0.25, 0.3) is 0 Å². The van der Waals surface area contributed by atoms with Gasteiger partial charge in [0.05, 0.1) is 17.7 Å². The van der Waals surface area contributed by atoms with Crippen molar-refractivity contribution >= 4 is 23.3 Å². The van der Waals surface area contributed by atoms with Gasteiger partial charge in [-0.25, -0.2) is 4.98 Å². The number of rotatable bonds is 2. The Morgan fingerprint density at radius 2 is 2.09 bits per heavy atom. The first kappa shape index (κ1) is 15.6. The molecule has 2 fully saturated rings. The molecular weight excluding hydrogens is 302 g/mol. The van der Waals surface area contributed by atoms with Crippen molar-refractivity contribution in [1.82, 2.24) is 9.88 Å². The number of halogens is 1. The molecule has 0 aliphatic carbocycles. The summed E-state index contributed by atoms with van der Waals surface area (Å²) in [5.41, 5.74) is 0. The number of hydrogen-bond donors (Lipinski definition) is 0. The summed E-state index contributed by atoms with van der Waals surface area (Å²) >= 11 is 5.87. The summed E-state index contributed by atoms with van der Waals surface area (Å²) in [6.45, 7) is 5.85. The van der Waals surface area contributed by atoms with Crippen LogP contribution in [0.2, 0.25) is 5.02 Å². The summed E-state index contributed by atoms with van der Waals surface area (Å²) < 4.78 is 5.51. The molecule has 1 atom stereocenters. The highest BCUT2D eigenvalue weighted by molar-refractivity contribution is 6.30. The van der Waals surface area contributed by atoms with Crippen LogP contribution in [0.5, 0.6) is 0 Å². The first-order valence-electron chi connectivity index (χ1n) is 7.90. The van der Waals surface area contributed by atoms with Crippen LogP contribution in [0.15, 0.2) is 18.3 Å². The summed E-state index contributed by atoms with van der Waals surface area (Å²) in [5.74, 6) is 1.36. The molecule has 1 aromatic rings. The molecule has 0 radical (unpaired) electrons. The molecule has 1 amide bonds. The van der Waals surface area contributed by atoms with E-state index in [9.17, 15) is 4.79 Å². The number of pyridine rings is 1. The van der Waals surface area contributed by atoms with E-state index in [4.69, 9.17) is 16.3 Å². The second-order valence-corrected chi connectivity index (χ2v) is 6.50. The molecule has 1 aromatic heterocycles. The Kier molecular flexibility index (Phi) is 4.84. The molecule has 0 spiro atoms. The minimum Gasteiger partial charge on any atom is -0.375 e. The van der Waals surface area contributed by atoms with Crippen LogP contribution in [0.1, 0.15) is 19.8 Å². The van der Waals surface area contributed by atoms with Gasteiger partial charge in [0, 0.05) is 38.3 Å². The van der Waals surface area contributed by atoms with E-state index in [0.717, 1.165) is 44.8 Å². The third-order valence-electron chi connectivity index (χ3n) is 4.43. The third kappa shape index (κ3) is 3.52. The summed E-state index contributed by atoms with van der Waals surface area (Å²) in [6, 6.07) is 3.80. The Balaban J connectivity index is 1.55. The van der Waals surface area contributed by atoms with Crippen LogP contribution >= 0.6 is 11.6 Å². The fraction of sp³-hybridized carbons (Fsp3) is 0.625. The molecule has 2 aliphatic heterocycles. The average Bonchev–Trinajstić information content (AvgIpc) is 2.55. The van der Waals surface area contributed by atoms with Crippen LogP contribution in [0.4, 0.5) is 5.82 Å². The quantitative estimate of drug-likeness (QED) is 0.837. The molecule has 1 unspecified atom stereocenters. The molecule has 2 saturated heterocycles. The van der Waals surface area contributed by atoms with Crippen molar-refractivity contribution in [3.05, 3.63) is 23.4 Å². The molecule has 22 heavy (non-hydrogen) atoms. The van der Waals surface area contributed by atoms with Crippen LogP contribution < -0.4 is 4.90 Å². The number of nitrogens with zero attached hydrogens (tertiary/aromatic N) is 3. The number of amides is 1. The van der Waals surface area contributed by atoms with Crippen molar-refractivity contribution in [1.29, 1.82) is 0 Å². The topological polar surface area (TPSA) is 45.7 Å². The zero-order chi connectivity index (χ0) is 15.5. The first-order chi connectivity index (χ1) is 10.6. The van der Waals surface area contributed by atoms with Gasteiger partial charge in [0.15, 0.2) is 0 Å². The van der Waals surface area contributed by atoms with Crippen molar-refractivity contribution in [3.63, 3.8) is 0 Å². The number of ether oxygens (including phenoxy) is 1. The van der Waals surface area contributed by atoms with E-state index in [1.807, 2.05) is 24.0 Å². The predicted molar refractivity (Wildman–Crippen MR) is 86.2 cm³/mol. The highest BCUT2D eigenvalue weighted by Crippen LogP contribution is 2.24. The van der Waals surface area contributed by atoms with Crippen LogP contribution in [0.25, 0.3) is 0 Å². The van der Waals surface area contributed by atoms with Gasteiger partial charge in [-0.1, -0.05) is 11.6 Å². The molecule has 0 saturated carbocycles. The summed E-state index contributed by atoms with van der Waals surface area (Å²) in [6.07, 6.45) is 3.59. The van der Waals surface area contributed by atoms with Gasteiger partial charge in [-0.2, -0.15) is 0 Å². The standard InChI is InChI=1S/C16H22ClN3O2/c1-12-11-20(8-9-22-12)16(21)13-4-6-19(7-5-13)15-3-2-14(17)10-18-15/h2-3,10,12-13H,4-9,11H2,1H3. The molecule has 6 heteroatoms. The van der Waals surface area contributed by atoms with E-state index in [1.54, 1.807) is 6.20 Å². The normalized spacial score (nSPS) is 23.6. The lowest BCUT2D eigenvalue weighted by Gasteiger charge is -2.37. The molecule has 120 valence electrons. The zero-order valence-electron chi connectivity index (χ0n) is 12.9. The van der Waals surface area contributed by atoms with E-state index in [0.29, 0.717) is 17.5 Å². The molecule has 0 aromatic carbocycles. The van der Waals surface area contributed by atoms with Crippen LogP contribution in [0, 0.1) is 5.92 Å². The monoisotopic (exact) mass is 323 g/mol. The van der Waals surface area contributed by atoms with Gasteiger partial charge in [0.2, 0.25) is 5.91 Å². The average molecular weight is 324 g/mol. The SMILES string of the molecule is CC1CN(C(=O)C2CCN(c3ccc(Cl)cn3)CC2)CCO1. The molecule has 0 N–H and O–H groups in total. The number of anilines is 1. The predicted octanol–water partition coefficient (Wildman–Crippen LogP) is 2.20. The summed E-state index contributed by atoms with van der Waals surface area (Å²) in [4.78, 5) is 21.2. The van der Waals surface area contributed by atoms with Crippen molar-refractivity contribution in [2.24, 2.45) is 5.92 Å². The molecular formula is C16H22ClN3O2. The highest BCUT2D eigenvalue weighted by Gasteiger charge is 2.31. The van der Waals surface area contributed by atoms with Crippen molar-refractivity contribution in [2.75, 3.05) is 37.7 Å². The maximum atomic E-state index is 12.6. The maximum Gasteiger partial charge on any atom is 0.225 e. The van der Waals surface area contributed by atoms with Gasteiger partial charge in [-0.3, -0.25) is 4.79 Å². The molecule has 0 bridgehead atoms. The van der Waals surface area contributed by atoms with Gasteiger partial charge in [-0.15, -0.1) is 0 Å². The second kappa shape index (κ2) is 6.84. The molecule has 3 rings (SSSR count). The number of piperidine rings is 1. The van der Waals surface area contributed by atoms with Crippen LogP contribution in [-0.2, 0) is 9.53 Å². The third-order valence-corrected chi connectivity index (χ3v) is 4.66. The lowest BCUT2D eigenvalue weighted by Crippen LogP contribution is -2.49. The Morgan fingerprint density at radius 3 is 2.73 bits per heavy atom. The molecule has 3 heterocycles. The smallest absolute Gasteiger partial charge is 0.225 e. The summed E-state index contributed by atoms with van der Waals surface area (Å²) in [5, 5.41) is 0.648. The van der Waals surface area contributed by atoms with Crippen molar-refractivity contribution in [2.45, 2.75) is 25.9 Å². The van der Waals surface area contributed by atoms with Gasteiger partial charge >= 0.3 is 0 Å². The van der Waals surface area contributed by atoms with Crippen LogP contribution in [-0.4, -0.2) is 54.7 Å². The number of aromatic nitrogens is 1. The van der Waals surface area contributed by atoms with Crippen LogP contribution in [0.3, 0.4) is 0 Å². The highest BCUT2D eigenvalue weighted by atomic mass is 35.5. The van der Waals surface area contributed by atoms with E-state index < -0.39 is 0 Å². The second-order valence-electron chi connectivity index (χ2n) is 6.06. The van der Waals surface area contributed by atoms with Gasteiger partial charge < -0.3 is 14.5 Å². The Bertz CT molecular complexity index is 515. The Labute approximate surface area is 136 Å². The van der Waals surface area contributed by atoms with E-state index in [1.165, 1.54) is 0 Å². The van der Waals surface area contributed by atoms with E-state index in [2.05, 4.69) is 9.88 Å². The fourth-order valence-electron chi connectivity index (χ4n) is 3.19. The summed E-state index contributed by atoms with van der Waals surface area (Å²) in [7, 11) is 0. The fourth-order valence-corrected chi connectivity index (χ4v) is 3.30. The number of carbonyl (C=O) groups is 1.